The number of carbonyl (C=O) groups is 4. The molecule has 0 unspecified atom stereocenters. The number of carbonyl (C=O) groups excluding carboxylic acids is 4. The van der Waals surface area contributed by atoms with Gasteiger partial charge in [0.15, 0.2) is 0 Å². The highest BCUT2D eigenvalue weighted by molar-refractivity contribution is 6.37. The number of hydrogen-bond donors (Lipinski definition) is 3. The summed E-state index contributed by atoms with van der Waals surface area (Å²) in [5.74, 6) is -2.34. The molecule has 2 fully saturated rings. The lowest BCUT2D eigenvalue weighted by atomic mass is 9.86. The first kappa shape index (κ1) is 22.3. The van der Waals surface area contributed by atoms with Gasteiger partial charge >= 0.3 is 0 Å². The number of primary amides is 1. The van der Waals surface area contributed by atoms with E-state index in [0.717, 1.165) is 0 Å². The van der Waals surface area contributed by atoms with Gasteiger partial charge in [0.05, 0.1) is 12.1 Å². The number of amides is 3. The van der Waals surface area contributed by atoms with Gasteiger partial charge in [0.1, 0.15) is 6.04 Å². The van der Waals surface area contributed by atoms with Gasteiger partial charge in [-0.05, 0) is 29.1 Å². The predicted molar refractivity (Wildman–Crippen MR) is 105 cm³/mol. The van der Waals surface area contributed by atoms with Crippen molar-refractivity contribution in [3.05, 3.63) is 0 Å². The molecule has 0 aromatic carbocycles. The predicted octanol–water partition coefficient (Wildman–Crippen LogP) is 0.182. The normalized spacial score (nSPS) is 27.5. The molecule has 1 saturated carbocycles. The molecule has 1 heterocycles. The van der Waals surface area contributed by atoms with E-state index < -0.39 is 41.1 Å². The Kier molecular flexibility index (Phi) is 5.95. The Hall–Kier alpha value is -1.96. The fraction of sp³-hybridized carbons (Fsp3) is 0.800. The zero-order valence-electron chi connectivity index (χ0n) is 17.7. The van der Waals surface area contributed by atoms with Crippen molar-refractivity contribution in [1.82, 2.24) is 10.2 Å². The third kappa shape index (κ3) is 3.92. The maximum absolute atomic E-state index is 13.1. The molecule has 0 bridgehead atoms. The van der Waals surface area contributed by atoms with Crippen molar-refractivity contribution in [3.63, 3.8) is 0 Å². The first-order valence-electron chi connectivity index (χ1n) is 9.95. The van der Waals surface area contributed by atoms with Crippen molar-refractivity contribution in [2.24, 2.45) is 34.1 Å². The van der Waals surface area contributed by atoms with E-state index in [1.807, 2.05) is 27.7 Å². The monoisotopic (exact) mass is 394 g/mol. The fourth-order valence-corrected chi connectivity index (χ4v) is 4.35. The number of nitrogens with zero attached hydrogens (tertiary/aromatic N) is 1. The average Bonchev–Trinajstić information content (AvgIpc) is 2.95. The topological polar surface area (TPSA) is 136 Å². The third-order valence-corrected chi connectivity index (χ3v) is 6.41. The molecule has 3 amide bonds. The van der Waals surface area contributed by atoms with Crippen LogP contribution in [0.1, 0.15) is 54.4 Å². The number of hydrogen-bond acceptors (Lipinski definition) is 5. The number of ketones is 1. The van der Waals surface area contributed by atoms with Crippen LogP contribution in [0.15, 0.2) is 0 Å². The van der Waals surface area contributed by atoms with Gasteiger partial charge in [-0.1, -0.05) is 48.0 Å². The average molecular weight is 395 g/mol. The van der Waals surface area contributed by atoms with Gasteiger partial charge < -0.3 is 21.7 Å². The summed E-state index contributed by atoms with van der Waals surface area (Å²) >= 11 is 0. The first-order valence-corrected chi connectivity index (χ1v) is 9.95. The van der Waals surface area contributed by atoms with Crippen LogP contribution in [0.3, 0.4) is 0 Å². The molecule has 1 aliphatic carbocycles. The summed E-state index contributed by atoms with van der Waals surface area (Å²) in [7, 11) is 0. The van der Waals surface area contributed by atoms with Crippen LogP contribution in [0.4, 0.5) is 0 Å². The second kappa shape index (κ2) is 7.46. The van der Waals surface area contributed by atoms with Gasteiger partial charge in [-0.3, -0.25) is 19.2 Å². The standard InChI is InChI=1S/C20H34N4O4/c1-7-8-11(14(25)16(22)26)23-17(27)13-12-10(20(12,5)6)9-24(13)18(28)15(21)19(2,3)4/h10-13,15H,7-9,21H2,1-6H3,(H2,22,26)(H,23,27)/t10-,11+,12-,13-,15+/m0/s1. The minimum Gasteiger partial charge on any atom is -0.363 e. The lowest BCUT2D eigenvalue weighted by molar-refractivity contribution is -0.144. The molecule has 0 radical (unpaired) electrons. The molecule has 5 N–H and O–H groups in total. The molecule has 8 heteroatoms. The van der Waals surface area contributed by atoms with Gasteiger partial charge in [-0.2, -0.15) is 0 Å². The van der Waals surface area contributed by atoms with Gasteiger partial charge in [-0.15, -0.1) is 0 Å². The van der Waals surface area contributed by atoms with Crippen LogP contribution in [-0.4, -0.2) is 53.1 Å². The number of piperidine rings is 1. The van der Waals surface area contributed by atoms with E-state index in [2.05, 4.69) is 19.2 Å². The van der Waals surface area contributed by atoms with E-state index in [-0.39, 0.29) is 23.2 Å². The highest BCUT2D eigenvalue weighted by Gasteiger charge is 2.69. The molecule has 1 saturated heterocycles. The highest BCUT2D eigenvalue weighted by atomic mass is 16.2. The maximum atomic E-state index is 13.1. The van der Waals surface area contributed by atoms with Crippen LogP contribution in [0.5, 0.6) is 0 Å². The van der Waals surface area contributed by atoms with E-state index >= 15 is 0 Å². The zero-order chi connectivity index (χ0) is 21.6. The Morgan fingerprint density at radius 1 is 1.21 bits per heavy atom. The molecule has 28 heavy (non-hydrogen) atoms. The van der Waals surface area contributed by atoms with E-state index in [0.29, 0.717) is 19.4 Å². The third-order valence-electron chi connectivity index (χ3n) is 6.41. The zero-order valence-corrected chi connectivity index (χ0v) is 17.7. The summed E-state index contributed by atoms with van der Waals surface area (Å²) < 4.78 is 0. The Balaban J connectivity index is 2.24. The molecular formula is C20H34N4O4. The van der Waals surface area contributed by atoms with Crippen LogP contribution < -0.4 is 16.8 Å². The molecule has 158 valence electrons. The highest BCUT2D eigenvalue weighted by Crippen LogP contribution is 2.65. The minimum absolute atomic E-state index is 0.00887. The van der Waals surface area contributed by atoms with Crippen LogP contribution in [0, 0.1) is 22.7 Å². The molecule has 5 atom stereocenters. The van der Waals surface area contributed by atoms with E-state index in [1.165, 1.54) is 0 Å². The Bertz CT molecular complexity index is 682. The maximum Gasteiger partial charge on any atom is 0.287 e. The van der Waals surface area contributed by atoms with Gasteiger partial charge in [0.2, 0.25) is 17.6 Å². The SMILES string of the molecule is CCC[C@@H](NC(=O)[C@@H]1[C@@H]2[C@H](CN1C(=O)[C@@H](N)C(C)(C)C)C2(C)C)C(=O)C(N)=O. The molecule has 0 spiro atoms. The van der Waals surface area contributed by atoms with Crippen LogP contribution in [0.2, 0.25) is 0 Å². The Labute approximate surface area is 166 Å². The molecule has 1 aliphatic heterocycles. The van der Waals surface area contributed by atoms with Gasteiger partial charge in [0, 0.05) is 6.54 Å². The quantitative estimate of drug-likeness (QED) is 0.529. The molecule has 2 aliphatic rings. The van der Waals surface area contributed by atoms with E-state index in [1.54, 1.807) is 4.90 Å². The van der Waals surface area contributed by atoms with Crippen molar-refractivity contribution < 1.29 is 19.2 Å². The van der Waals surface area contributed by atoms with E-state index in [4.69, 9.17) is 11.5 Å². The van der Waals surface area contributed by atoms with Crippen molar-refractivity contribution in [3.8, 4) is 0 Å². The summed E-state index contributed by atoms with van der Waals surface area (Å²) in [6, 6.07) is -2.40. The second-order valence-corrected chi connectivity index (χ2v) is 9.81. The van der Waals surface area contributed by atoms with Crippen molar-refractivity contribution in [2.75, 3.05) is 6.54 Å². The number of rotatable bonds is 7. The van der Waals surface area contributed by atoms with Gasteiger partial charge in [0.25, 0.3) is 5.91 Å². The molecule has 8 nitrogen and oxygen atoms in total. The molecule has 0 aromatic heterocycles. The lowest BCUT2D eigenvalue weighted by Crippen LogP contribution is -2.58. The summed E-state index contributed by atoms with van der Waals surface area (Å²) in [5, 5.41) is 2.67. The van der Waals surface area contributed by atoms with Crippen molar-refractivity contribution in [1.29, 1.82) is 0 Å². The summed E-state index contributed by atoms with van der Waals surface area (Å²) in [6.07, 6.45) is 0.914. The Morgan fingerprint density at radius 3 is 2.25 bits per heavy atom. The summed E-state index contributed by atoms with van der Waals surface area (Å²) in [4.78, 5) is 51.1. The summed E-state index contributed by atoms with van der Waals surface area (Å²) in [5.41, 5.74) is 10.8. The van der Waals surface area contributed by atoms with Crippen molar-refractivity contribution >= 4 is 23.5 Å². The van der Waals surface area contributed by atoms with Crippen LogP contribution >= 0.6 is 0 Å². The fourth-order valence-electron chi connectivity index (χ4n) is 4.35. The lowest BCUT2D eigenvalue weighted by Gasteiger charge is -2.36. The number of nitrogens with two attached hydrogens (primary N) is 2. The first-order chi connectivity index (χ1) is 12.7. The summed E-state index contributed by atoms with van der Waals surface area (Å²) in [6.45, 7) is 12.1. The van der Waals surface area contributed by atoms with Gasteiger partial charge in [-0.25, -0.2) is 0 Å². The number of nitrogens with one attached hydrogen (secondary N) is 1. The molecule has 2 rings (SSSR count). The largest absolute Gasteiger partial charge is 0.363 e. The van der Waals surface area contributed by atoms with Crippen LogP contribution in [-0.2, 0) is 19.2 Å². The number of fused-ring (bicyclic) bond motifs is 1. The number of Topliss-reactive ketones (excluding diaryl/α,β-unsaturated/α-hetero) is 1. The number of likely N-dealkylation sites (tertiary alicyclic amines) is 1. The van der Waals surface area contributed by atoms with E-state index in [9.17, 15) is 19.2 Å². The Morgan fingerprint density at radius 2 is 1.79 bits per heavy atom. The van der Waals surface area contributed by atoms with Crippen molar-refractivity contribution in [2.45, 2.75) is 72.5 Å². The smallest absolute Gasteiger partial charge is 0.287 e. The van der Waals surface area contributed by atoms with Crippen LogP contribution in [0.25, 0.3) is 0 Å². The minimum atomic E-state index is -1.07. The second-order valence-electron chi connectivity index (χ2n) is 9.81. The molecular weight excluding hydrogens is 360 g/mol. The molecule has 0 aromatic rings.